The summed E-state index contributed by atoms with van der Waals surface area (Å²) < 4.78 is 5.41. The average Bonchev–Trinajstić information content (AvgIpc) is 2.75. The zero-order chi connectivity index (χ0) is 22.0. The number of halogens is 3. The number of thioether (sulfide) groups is 1. The Labute approximate surface area is 200 Å². The summed E-state index contributed by atoms with van der Waals surface area (Å²) in [5.41, 5.74) is 1.49. The fourth-order valence-corrected chi connectivity index (χ4v) is 5.87. The number of hydrogen-bond donors (Lipinski definition) is 2. The van der Waals surface area contributed by atoms with E-state index in [1.165, 1.54) is 11.8 Å². The van der Waals surface area contributed by atoms with Gasteiger partial charge in [-0.05, 0) is 42.7 Å². The fourth-order valence-electron chi connectivity index (χ4n) is 3.95. The molecule has 2 aromatic carbocycles. The molecule has 1 aliphatic carbocycles. The molecule has 2 aromatic rings. The predicted octanol–water partition coefficient (Wildman–Crippen LogP) is 7.25. The number of benzene rings is 2. The fraction of sp³-hybridized carbons (Fsp3) is 0.348. The van der Waals surface area contributed by atoms with Gasteiger partial charge in [-0.1, -0.05) is 58.7 Å². The van der Waals surface area contributed by atoms with Gasteiger partial charge in [-0.3, -0.25) is 4.79 Å². The summed E-state index contributed by atoms with van der Waals surface area (Å²) in [5.74, 6) is -0.394. The first-order valence-corrected chi connectivity index (χ1v) is 12.1. The van der Waals surface area contributed by atoms with E-state index in [-0.39, 0.29) is 29.9 Å². The highest BCUT2D eigenvalue weighted by Crippen LogP contribution is 2.46. The lowest BCUT2D eigenvalue weighted by Crippen LogP contribution is -2.28. The number of ether oxygens (including phenoxy) is 1. The molecule has 2 aliphatic rings. The van der Waals surface area contributed by atoms with Gasteiger partial charge >= 0.3 is 0 Å². The third-order valence-corrected chi connectivity index (χ3v) is 7.97. The van der Waals surface area contributed by atoms with Crippen molar-refractivity contribution in [2.45, 2.75) is 42.5 Å². The van der Waals surface area contributed by atoms with E-state index in [0.29, 0.717) is 32.0 Å². The third-order valence-electron chi connectivity index (χ3n) is 5.55. The second-order valence-corrected chi connectivity index (χ2v) is 9.93. The maximum atomic E-state index is 12.9. The number of carbonyl (C=O) groups excluding carboxylic acids is 1. The first kappa shape index (κ1) is 22.8. The predicted molar refractivity (Wildman–Crippen MR) is 128 cm³/mol. The second kappa shape index (κ2) is 10.1. The smallest absolute Gasteiger partial charge is 0.173 e. The SMILES string of the molecule is O=C1C[C@@H](c2c(Cl)ccc(NC3CCOCC3)c2Cl)CC(O)=C1Sc1ccccc1Cl. The van der Waals surface area contributed by atoms with Crippen LogP contribution in [0.1, 0.15) is 37.2 Å². The van der Waals surface area contributed by atoms with Gasteiger partial charge in [-0.2, -0.15) is 0 Å². The Kier molecular flexibility index (Phi) is 7.40. The molecular formula is C23H22Cl3NO3S. The third kappa shape index (κ3) is 5.18. The molecule has 0 bridgehead atoms. The lowest BCUT2D eigenvalue weighted by atomic mass is 9.85. The number of aliphatic hydroxyl groups is 1. The molecular weight excluding hydrogens is 477 g/mol. The Bertz CT molecular complexity index is 1020. The molecule has 0 spiro atoms. The van der Waals surface area contributed by atoms with Crippen molar-refractivity contribution >= 4 is 58.0 Å². The van der Waals surface area contributed by atoms with Crippen LogP contribution in [0.15, 0.2) is 52.0 Å². The van der Waals surface area contributed by atoms with Crippen molar-refractivity contribution in [3.05, 3.63) is 67.7 Å². The molecule has 1 fully saturated rings. The van der Waals surface area contributed by atoms with Gasteiger partial charge in [0.25, 0.3) is 0 Å². The maximum absolute atomic E-state index is 12.9. The van der Waals surface area contributed by atoms with Crippen molar-refractivity contribution in [3.63, 3.8) is 0 Å². The van der Waals surface area contributed by atoms with Gasteiger partial charge in [0.15, 0.2) is 5.78 Å². The zero-order valence-electron chi connectivity index (χ0n) is 16.7. The van der Waals surface area contributed by atoms with Crippen molar-refractivity contribution < 1.29 is 14.6 Å². The molecule has 1 saturated heterocycles. The minimum atomic E-state index is -0.292. The summed E-state index contributed by atoms with van der Waals surface area (Å²) in [6.07, 6.45) is 2.32. The first-order valence-electron chi connectivity index (χ1n) is 10.1. The molecule has 164 valence electrons. The normalized spacial score (nSPS) is 20.2. The van der Waals surface area contributed by atoms with E-state index >= 15 is 0 Å². The van der Waals surface area contributed by atoms with E-state index in [9.17, 15) is 9.90 Å². The van der Waals surface area contributed by atoms with Gasteiger partial charge < -0.3 is 15.2 Å². The molecule has 2 N–H and O–H groups in total. The van der Waals surface area contributed by atoms with Crippen LogP contribution < -0.4 is 5.32 Å². The molecule has 0 radical (unpaired) electrons. The van der Waals surface area contributed by atoms with Crippen LogP contribution in [0.25, 0.3) is 0 Å². The molecule has 4 rings (SSSR count). The van der Waals surface area contributed by atoms with E-state index in [1.807, 2.05) is 24.3 Å². The van der Waals surface area contributed by atoms with E-state index in [0.717, 1.165) is 36.6 Å². The second-order valence-electron chi connectivity index (χ2n) is 7.69. The quantitative estimate of drug-likeness (QED) is 0.455. The number of Topliss-reactive ketones (excluding diaryl/α,β-unsaturated/α-hetero) is 1. The van der Waals surface area contributed by atoms with Crippen LogP contribution in [0.3, 0.4) is 0 Å². The minimum absolute atomic E-state index is 0.0427. The molecule has 8 heteroatoms. The van der Waals surface area contributed by atoms with Crippen LogP contribution in [-0.2, 0) is 9.53 Å². The molecule has 0 aromatic heterocycles. The highest BCUT2D eigenvalue weighted by atomic mass is 35.5. The molecule has 4 nitrogen and oxygen atoms in total. The summed E-state index contributed by atoms with van der Waals surface area (Å²) in [6.45, 7) is 1.44. The highest BCUT2D eigenvalue weighted by Gasteiger charge is 2.32. The Morgan fingerprint density at radius 3 is 2.45 bits per heavy atom. The van der Waals surface area contributed by atoms with E-state index in [4.69, 9.17) is 39.5 Å². The summed E-state index contributed by atoms with van der Waals surface area (Å²) in [6, 6.07) is 11.2. The number of hydrogen-bond acceptors (Lipinski definition) is 5. The summed E-state index contributed by atoms with van der Waals surface area (Å²) >= 11 is 20.6. The summed E-state index contributed by atoms with van der Waals surface area (Å²) in [4.78, 5) is 14.0. The number of carbonyl (C=O) groups is 1. The number of rotatable bonds is 5. The van der Waals surface area contributed by atoms with E-state index in [1.54, 1.807) is 12.1 Å². The van der Waals surface area contributed by atoms with Crippen LogP contribution in [0, 0.1) is 0 Å². The Morgan fingerprint density at radius 1 is 1.00 bits per heavy atom. The molecule has 1 aliphatic heterocycles. The van der Waals surface area contributed by atoms with Crippen molar-refractivity contribution in [2.24, 2.45) is 0 Å². The van der Waals surface area contributed by atoms with Crippen LogP contribution in [-0.4, -0.2) is 30.1 Å². The van der Waals surface area contributed by atoms with Crippen molar-refractivity contribution in [2.75, 3.05) is 18.5 Å². The minimum Gasteiger partial charge on any atom is -0.511 e. The van der Waals surface area contributed by atoms with Crippen molar-refractivity contribution in [1.82, 2.24) is 0 Å². The number of nitrogens with one attached hydrogen (secondary N) is 1. The molecule has 0 unspecified atom stereocenters. The van der Waals surface area contributed by atoms with Crippen LogP contribution >= 0.6 is 46.6 Å². The monoisotopic (exact) mass is 497 g/mol. The van der Waals surface area contributed by atoms with Crippen molar-refractivity contribution in [3.8, 4) is 0 Å². The zero-order valence-corrected chi connectivity index (χ0v) is 19.8. The Morgan fingerprint density at radius 2 is 1.74 bits per heavy atom. The molecule has 1 atom stereocenters. The standard InChI is InChI=1S/C23H22Cl3NO3S/c24-15-3-1-2-4-20(15)31-23-18(28)11-13(12-19(23)29)21-16(25)5-6-17(22(21)26)27-14-7-9-30-10-8-14/h1-6,13-14,27-28H,7-12H2/t13-/m0/s1. The maximum Gasteiger partial charge on any atom is 0.173 e. The Hall–Kier alpha value is -1.37. The summed E-state index contributed by atoms with van der Waals surface area (Å²) in [5, 5.41) is 15.7. The number of allylic oxidation sites excluding steroid dienone is 2. The lowest BCUT2D eigenvalue weighted by Gasteiger charge is -2.28. The molecule has 1 heterocycles. The van der Waals surface area contributed by atoms with Gasteiger partial charge in [-0.15, -0.1) is 0 Å². The van der Waals surface area contributed by atoms with E-state index in [2.05, 4.69) is 5.32 Å². The Balaban J connectivity index is 1.58. The van der Waals surface area contributed by atoms with Crippen molar-refractivity contribution in [1.29, 1.82) is 0 Å². The van der Waals surface area contributed by atoms with Gasteiger partial charge in [-0.25, -0.2) is 0 Å². The average molecular weight is 499 g/mol. The number of anilines is 1. The molecule has 0 saturated carbocycles. The molecule has 31 heavy (non-hydrogen) atoms. The summed E-state index contributed by atoms with van der Waals surface area (Å²) in [7, 11) is 0. The largest absolute Gasteiger partial charge is 0.511 e. The molecule has 0 amide bonds. The van der Waals surface area contributed by atoms with Gasteiger partial charge in [0.1, 0.15) is 5.76 Å². The van der Waals surface area contributed by atoms with Crippen LogP contribution in [0.5, 0.6) is 0 Å². The first-order chi connectivity index (χ1) is 14.9. The number of aliphatic hydroxyl groups excluding tert-OH is 1. The van der Waals surface area contributed by atoms with Crippen LogP contribution in [0.2, 0.25) is 15.1 Å². The van der Waals surface area contributed by atoms with Gasteiger partial charge in [0, 0.05) is 47.9 Å². The van der Waals surface area contributed by atoms with Gasteiger partial charge in [0.2, 0.25) is 0 Å². The topological polar surface area (TPSA) is 58.6 Å². The lowest BCUT2D eigenvalue weighted by molar-refractivity contribution is -0.115. The van der Waals surface area contributed by atoms with Crippen LogP contribution in [0.4, 0.5) is 5.69 Å². The highest BCUT2D eigenvalue weighted by molar-refractivity contribution is 8.04. The van der Waals surface area contributed by atoms with E-state index < -0.39 is 0 Å². The number of ketones is 1. The van der Waals surface area contributed by atoms with Gasteiger partial charge in [0.05, 0.1) is 20.6 Å².